The molecular weight excluding hydrogens is 302 g/mol. The Labute approximate surface area is 120 Å². The zero-order valence-electron chi connectivity index (χ0n) is 10.6. The van der Waals surface area contributed by atoms with Crippen molar-refractivity contribution in [2.75, 3.05) is 7.05 Å². The summed E-state index contributed by atoms with van der Waals surface area (Å²) < 4.78 is 27.1. The van der Waals surface area contributed by atoms with Gasteiger partial charge in [0.2, 0.25) is 10.0 Å². The molecule has 0 aliphatic carbocycles. The quantitative estimate of drug-likeness (QED) is 0.851. The zero-order valence-corrected chi connectivity index (χ0v) is 13.1. The molecule has 2 aromatic heterocycles. The lowest BCUT2D eigenvalue weighted by atomic mass is 10.4. The smallest absolute Gasteiger partial charge is 0.242 e. The number of nitrogens with zero attached hydrogens (tertiary/aromatic N) is 1. The molecule has 19 heavy (non-hydrogen) atoms. The fraction of sp³-hybridized carbons (Fsp3) is 0.364. The van der Waals surface area contributed by atoms with Crippen LogP contribution in [-0.2, 0) is 23.1 Å². The monoisotopic (exact) mass is 317 g/mol. The Morgan fingerprint density at radius 2 is 2.11 bits per heavy atom. The molecule has 2 heterocycles. The normalized spacial score (nSPS) is 11.9. The summed E-state index contributed by atoms with van der Waals surface area (Å²) in [5.74, 6) is 0. The third-order valence-corrected chi connectivity index (χ3v) is 5.97. The summed E-state index contributed by atoms with van der Waals surface area (Å²) >= 11 is 2.93. The number of thiophene rings is 1. The van der Waals surface area contributed by atoms with Gasteiger partial charge in [-0.05, 0) is 20.0 Å². The molecule has 0 aliphatic heterocycles. The van der Waals surface area contributed by atoms with Crippen LogP contribution in [0.3, 0.4) is 0 Å². The highest BCUT2D eigenvalue weighted by Gasteiger charge is 2.19. The number of rotatable bonds is 6. The van der Waals surface area contributed by atoms with Gasteiger partial charge in [0.15, 0.2) is 0 Å². The van der Waals surface area contributed by atoms with E-state index in [9.17, 15) is 8.42 Å². The van der Waals surface area contributed by atoms with Crippen molar-refractivity contribution < 1.29 is 8.42 Å². The molecule has 0 unspecified atom stereocenters. The van der Waals surface area contributed by atoms with Crippen molar-refractivity contribution in [3.63, 3.8) is 0 Å². The molecule has 8 heteroatoms. The third-order valence-electron chi connectivity index (χ3n) is 2.48. The van der Waals surface area contributed by atoms with Gasteiger partial charge in [0.05, 0.1) is 10.4 Å². The first-order chi connectivity index (χ1) is 9.03. The van der Waals surface area contributed by atoms with E-state index in [4.69, 9.17) is 0 Å². The Morgan fingerprint density at radius 1 is 1.32 bits per heavy atom. The maximum atomic E-state index is 12.2. The molecule has 2 aromatic rings. The van der Waals surface area contributed by atoms with Gasteiger partial charge in [0.25, 0.3) is 0 Å². The average molecular weight is 317 g/mol. The summed E-state index contributed by atoms with van der Waals surface area (Å²) in [6, 6.07) is 1.73. The Kier molecular flexibility index (Phi) is 4.69. The van der Waals surface area contributed by atoms with Gasteiger partial charge in [0, 0.05) is 33.9 Å². The fourth-order valence-corrected chi connectivity index (χ4v) is 4.90. The molecule has 0 amide bonds. The van der Waals surface area contributed by atoms with Gasteiger partial charge in [-0.15, -0.1) is 22.7 Å². The highest BCUT2D eigenvalue weighted by atomic mass is 32.2. The topological polar surface area (TPSA) is 71.1 Å². The van der Waals surface area contributed by atoms with Gasteiger partial charge in [-0.3, -0.25) is 4.98 Å². The first-order valence-electron chi connectivity index (χ1n) is 5.64. The van der Waals surface area contributed by atoms with E-state index in [-0.39, 0.29) is 6.54 Å². The summed E-state index contributed by atoms with van der Waals surface area (Å²) in [7, 11) is -1.61. The second kappa shape index (κ2) is 6.10. The van der Waals surface area contributed by atoms with Crippen molar-refractivity contribution in [2.24, 2.45) is 0 Å². The standard InChI is InChI=1S/C11H15N3O2S3/c1-8-11(3-9(18-8)4-12-2)19(15,16)14-6-10-5-13-7-17-10/h3,5,7,12,14H,4,6H2,1-2H3. The third kappa shape index (κ3) is 3.61. The first kappa shape index (κ1) is 14.6. The fourth-order valence-electron chi connectivity index (χ4n) is 1.63. The van der Waals surface area contributed by atoms with Crippen LogP contribution in [-0.4, -0.2) is 20.4 Å². The van der Waals surface area contributed by atoms with Crippen LogP contribution in [0.15, 0.2) is 22.7 Å². The number of hydrogen-bond donors (Lipinski definition) is 2. The van der Waals surface area contributed by atoms with Gasteiger partial charge in [-0.2, -0.15) is 0 Å². The summed E-state index contributed by atoms with van der Waals surface area (Å²) in [6.45, 7) is 2.78. The summed E-state index contributed by atoms with van der Waals surface area (Å²) in [5.41, 5.74) is 1.69. The van der Waals surface area contributed by atoms with Crippen LogP contribution in [0, 0.1) is 6.92 Å². The van der Waals surface area contributed by atoms with Crippen LogP contribution in [0.2, 0.25) is 0 Å². The predicted molar refractivity (Wildman–Crippen MR) is 78.0 cm³/mol. The summed E-state index contributed by atoms with van der Waals surface area (Å²) in [4.78, 5) is 7.00. The average Bonchev–Trinajstić information content (AvgIpc) is 2.97. The number of nitrogens with one attached hydrogen (secondary N) is 2. The van der Waals surface area contributed by atoms with E-state index in [1.165, 1.54) is 22.7 Å². The van der Waals surface area contributed by atoms with Gasteiger partial charge >= 0.3 is 0 Å². The van der Waals surface area contributed by atoms with Gasteiger partial charge in [-0.1, -0.05) is 0 Å². The lowest BCUT2D eigenvalue weighted by molar-refractivity contribution is 0.581. The van der Waals surface area contributed by atoms with E-state index < -0.39 is 10.0 Å². The predicted octanol–water partition coefficient (Wildman–Crippen LogP) is 1.71. The number of hydrogen-bond acceptors (Lipinski definition) is 6. The molecule has 2 rings (SSSR count). The number of aromatic nitrogens is 1. The minimum absolute atomic E-state index is 0.281. The second-order valence-electron chi connectivity index (χ2n) is 3.96. The van der Waals surface area contributed by atoms with Crippen LogP contribution >= 0.6 is 22.7 Å². The zero-order chi connectivity index (χ0) is 13.9. The Bertz CT molecular complexity index is 632. The molecule has 104 valence electrons. The second-order valence-corrected chi connectivity index (χ2v) is 8.00. The number of thiazole rings is 1. The van der Waals surface area contributed by atoms with Crippen molar-refractivity contribution in [1.82, 2.24) is 15.0 Å². The Balaban J connectivity index is 2.14. The number of aryl methyl sites for hydroxylation is 1. The van der Waals surface area contributed by atoms with E-state index in [0.29, 0.717) is 11.4 Å². The molecule has 0 saturated carbocycles. The lowest BCUT2D eigenvalue weighted by Crippen LogP contribution is -2.23. The van der Waals surface area contributed by atoms with Crippen LogP contribution < -0.4 is 10.0 Å². The van der Waals surface area contributed by atoms with Crippen LogP contribution in [0.25, 0.3) is 0 Å². The Hall–Kier alpha value is -0.800. The molecule has 0 aromatic carbocycles. The van der Waals surface area contributed by atoms with E-state index in [0.717, 1.165) is 14.6 Å². The molecule has 2 N–H and O–H groups in total. The maximum absolute atomic E-state index is 12.2. The van der Waals surface area contributed by atoms with E-state index in [1.54, 1.807) is 17.8 Å². The molecule has 0 radical (unpaired) electrons. The highest BCUT2D eigenvalue weighted by molar-refractivity contribution is 7.89. The molecule has 0 saturated heterocycles. The van der Waals surface area contributed by atoms with Crippen LogP contribution in [0.1, 0.15) is 14.6 Å². The van der Waals surface area contributed by atoms with E-state index >= 15 is 0 Å². The van der Waals surface area contributed by atoms with Gasteiger partial charge in [-0.25, -0.2) is 13.1 Å². The molecule has 5 nitrogen and oxygen atoms in total. The van der Waals surface area contributed by atoms with Crippen molar-refractivity contribution in [3.8, 4) is 0 Å². The van der Waals surface area contributed by atoms with E-state index in [2.05, 4.69) is 15.0 Å². The van der Waals surface area contributed by atoms with Crippen LogP contribution in [0.5, 0.6) is 0 Å². The summed E-state index contributed by atoms with van der Waals surface area (Å²) in [5, 5.41) is 3.02. The van der Waals surface area contributed by atoms with E-state index in [1.807, 2.05) is 14.0 Å². The molecule has 0 aliphatic rings. The largest absolute Gasteiger partial charge is 0.315 e. The number of sulfonamides is 1. The SMILES string of the molecule is CNCc1cc(S(=O)(=O)NCc2cncs2)c(C)s1. The highest BCUT2D eigenvalue weighted by Crippen LogP contribution is 2.25. The molecular formula is C11H15N3O2S3. The molecule has 0 atom stereocenters. The summed E-state index contributed by atoms with van der Waals surface area (Å²) in [6.07, 6.45) is 1.67. The maximum Gasteiger partial charge on any atom is 0.242 e. The van der Waals surface area contributed by atoms with Crippen molar-refractivity contribution in [2.45, 2.75) is 24.9 Å². The van der Waals surface area contributed by atoms with Gasteiger partial charge < -0.3 is 5.32 Å². The van der Waals surface area contributed by atoms with Crippen molar-refractivity contribution >= 4 is 32.7 Å². The van der Waals surface area contributed by atoms with Crippen LogP contribution in [0.4, 0.5) is 0 Å². The first-order valence-corrected chi connectivity index (χ1v) is 8.82. The van der Waals surface area contributed by atoms with Crippen molar-refractivity contribution in [1.29, 1.82) is 0 Å². The van der Waals surface area contributed by atoms with Gasteiger partial charge in [0.1, 0.15) is 0 Å². The minimum atomic E-state index is -3.45. The molecule has 0 fully saturated rings. The molecule has 0 spiro atoms. The minimum Gasteiger partial charge on any atom is -0.315 e. The van der Waals surface area contributed by atoms with Crippen molar-refractivity contribution in [3.05, 3.63) is 32.4 Å². The molecule has 0 bridgehead atoms. The lowest BCUT2D eigenvalue weighted by Gasteiger charge is -2.04. The Morgan fingerprint density at radius 3 is 2.74 bits per heavy atom.